The molecule has 1 aromatic heterocycles. The molecular weight excluding hydrogens is 312 g/mol. The first kappa shape index (κ1) is 17.7. The molecule has 0 atom stereocenters. The lowest BCUT2D eigenvalue weighted by molar-refractivity contribution is -0.116. The maximum atomic E-state index is 12.4. The van der Waals surface area contributed by atoms with Crippen LogP contribution in [0, 0.1) is 5.92 Å². The highest BCUT2D eigenvalue weighted by atomic mass is 16.1. The molecule has 0 spiro atoms. The van der Waals surface area contributed by atoms with E-state index in [-0.39, 0.29) is 11.9 Å². The standard InChI is InChI=1S/C20H28N4O/c1-15(2)24-19(14-18(23-24)17-6-4-3-5-7-17)22-20(25)9-8-16-10-12-21-13-11-16/h3-7,14-16,21H,8-13H2,1-2H3,(H,22,25). The summed E-state index contributed by atoms with van der Waals surface area (Å²) in [5, 5.41) is 11.1. The molecule has 1 saturated heterocycles. The summed E-state index contributed by atoms with van der Waals surface area (Å²) in [7, 11) is 0. The first-order chi connectivity index (χ1) is 12.1. The van der Waals surface area contributed by atoms with E-state index >= 15 is 0 Å². The van der Waals surface area contributed by atoms with E-state index in [2.05, 4.69) is 29.6 Å². The zero-order valence-electron chi connectivity index (χ0n) is 15.2. The van der Waals surface area contributed by atoms with Gasteiger partial charge in [0.05, 0.1) is 5.69 Å². The van der Waals surface area contributed by atoms with Gasteiger partial charge in [-0.25, -0.2) is 4.68 Å². The van der Waals surface area contributed by atoms with E-state index in [9.17, 15) is 4.79 Å². The molecule has 0 radical (unpaired) electrons. The summed E-state index contributed by atoms with van der Waals surface area (Å²) in [6.07, 6.45) is 3.90. The molecule has 0 bridgehead atoms. The second-order valence-electron chi connectivity index (χ2n) is 7.10. The molecule has 1 fully saturated rings. The highest BCUT2D eigenvalue weighted by Gasteiger charge is 2.17. The number of aromatic nitrogens is 2. The van der Waals surface area contributed by atoms with Crippen LogP contribution in [0.5, 0.6) is 0 Å². The van der Waals surface area contributed by atoms with Crippen LogP contribution in [-0.4, -0.2) is 28.8 Å². The average Bonchev–Trinajstić information content (AvgIpc) is 3.06. The molecule has 1 aliphatic heterocycles. The highest BCUT2D eigenvalue weighted by Crippen LogP contribution is 2.25. The third kappa shape index (κ3) is 4.69. The number of hydrogen-bond acceptors (Lipinski definition) is 3. The van der Waals surface area contributed by atoms with Crippen molar-refractivity contribution >= 4 is 11.7 Å². The topological polar surface area (TPSA) is 59.0 Å². The zero-order valence-corrected chi connectivity index (χ0v) is 15.2. The second-order valence-corrected chi connectivity index (χ2v) is 7.10. The van der Waals surface area contributed by atoms with Crippen molar-refractivity contribution in [2.24, 2.45) is 5.92 Å². The number of benzene rings is 1. The fourth-order valence-electron chi connectivity index (χ4n) is 3.34. The molecule has 0 saturated carbocycles. The Morgan fingerprint density at radius 3 is 2.68 bits per heavy atom. The van der Waals surface area contributed by atoms with Crippen LogP contribution in [0.15, 0.2) is 36.4 Å². The van der Waals surface area contributed by atoms with E-state index in [1.54, 1.807) is 0 Å². The normalized spacial score (nSPS) is 15.5. The first-order valence-corrected chi connectivity index (χ1v) is 9.29. The number of piperidine rings is 1. The van der Waals surface area contributed by atoms with Crippen molar-refractivity contribution in [3.05, 3.63) is 36.4 Å². The van der Waals surface area contributed by atoms with Crippen LogP contribution in [0.1, 0.15) is 45.6 Å². The number of nitrogens with zero attached hydrogens (tertiary/aromatic N) is 2. The van der Waals surface area contributed by atoms with Gasteiger partial charge in [-0.2, -0.15) is 5.10 Å². The minimum absolute atomic E-state index is 0.0833. The van der Waals surface area contributed by atoms with Crippen LogP contribution in [0.4, 0.5) is 5.82 Å². The molecule has 5 heteroatoms. The molecule has 1 aromatic carbocycles. The van der Waals surface area contributed by atoms with Crippen molar-refractivity contribution in [1.82, 2.24) is 15.1 Å². The molecule has 25 heavy (non-hydrogen) atoms. The third-order valence-corrected chi connectivity index (χ3v) is 4.80. The lowest BCUT2D eigenvalue weighted by Crippen LogP contribution is -2.28. The number of carbonyl (C=O) groups is 1. The van der Waals surface area contributed by atoms with Crippen molar-refractivity contribution in [3.8, 4) is 11.3 Å². The monoisotopic (exact) mass is 340 g/mol. The molecule has 134 valence electrons. The third-order valence-electron chi connectivity index (χ3n) is 4.80. The number of rotatable bonds is 6. The van der Waals surface area contributed by atoms with Gasteiger partial charge in [0.1, 0.15) is 5.82 Å². The quantitative estimate of drug-likeness (QED) is 0.840. The lowest BCUT2D eigenvalue weighted by atomic mass is 9.93. The minimum atomic E-state index is 0.0833. The maximum absolute atomic E-state index is 12.4. The van der Waals surface area contributed by atoms with E-state index in [1.807, 2.05) is 41.1 Å². The molecule has 0 aliphatic carbocycles. The van der Waals surface area contributed by atoms with Gasteiger partial charge in [0, 0.05) is 24.1 Å². The Morgan fingerprint density at radius 2 is 2.00 bits per heavy atom. The van der Waals surface area contributed by atoms with Crippen molar-refractivity contribution in [2.45, 2.75) is 45.6 Å². The summed E-state index contributed by atoms with van der Waals surface area (Å²) in [5.74, 6) is 1.53. The summed E-state index contributed by atoms with van der Waals surface area (Å²) >= 11 is 0. The lowest BCUT2D eigenvalue weighted by Gasteiger charge is -2.22. The number of amides is 1. The Hall–Kier alpha value is -2.14. The molecule has 1 amide bonds. The van der Waals surface area contributed by atoms with Crippen LogP contribution in [0.25, 0.3) is 11.3 Å². The summed E-state index contributed by atoms with van der Waals surface area (Å²) in [4.78, 5) is 12.4. The van der Waals surface area contributed by atoms with E-state index < -0.39 is 0 Å². The van der Waals surface area contributed by atoms with Gasteiger partial charge in [-0.15, -0.1) is 0 Å². The van der Waals surface area contributed by atoms with Gasteiger partial charge >= 0.3 is 0 Å². The highest BCUT2D eigenvalue weighted by molar-refractivity contribution is 5.90. The molecule has 2 aromatic rings. The fraction of sp³-hybridized carbons (Fsp3) is 0.500. The van der Waals surface area contributed by atoms with Gasteiger partial charge in [0.2, 0.25) is 5.91 Å². The van der Waals surface area contributed by atoms with Crippen molar-refractivity contribution in [2.75, 3.05) is 18.4 Å². The predicted octanol–water partition coefficient (Wildman–Crippen LogP) is 3.85. The number of nitrogens with one attached hydrogen (secondary N) is 2. The SMILES string of the molecule is CC(C)n1nc(-c2ccccc2)cc1NC(=O)CCC1CCNCC1. The van der Waals surface area contributed by atoms with Crippen LogP contribution < -0.4 is 10.6 Å². The number of hydrogen-bond donors (Lipinski definition) is 2. The van der Waals surface area contributed by atoms with Gasteiger partial charge in [0.25, 0.3) is 0 Å². The zero-order chi connectivity index (χ0) is 17.6. The van der Waals surface area contributed by atoms with Gasteiger partial charge in [-0.05, 0) is 52.1 Å². The largest absolute Gasteiger partial charge is 0.317 e. The summed E-state index contributed by atoms with van der Waals surface area (Å²) in [6.45, 7) is 6.30. The number of carbonyl (C=O) groups excluding carboxylic acids is 1. The molecule has 2 heterocycles. The Bertz CT molecular complexity index is 687. The summed E-state index contributed by atoms with van der Waals surface area (Å²) in [6, 6.07) is 12.2. The Labute approximate surface area is 149 Å². The van der Waals surface area contributed by atoms with Crippen molar-refractivity contribution < 1.29 is 4.79 Å². The van der Waals surface area contributed by atoms with E-state index in [0.29, 0.717) is 12.3 Å². The molecule has 0 unspecified atom stereocenters. The van der Waals surface area contributed by atoms with E-state index in [4.69, 9.17) is 0 Å². The molecule has 2 N–H and O–H groups in total. The summed E-state index contributed by atoms with van der Waals surface area (Å²) < 4.78 is 1.89. The van der Waals surface area contributed by atoms with Crippen LogP contribution in [0.3, 0.4) is 0 Å². The van der Waals surface area contributed by atoms with E-state index in [1.165, 1.54) is 12.8 Å². The molecule has 5 nitrogen and oxygen atoms in total. The van der Waals surface area contributed by atoms with Crippen molar-refractivity contribution in [1.29, 1.82) is 0 Å². The van der Waals surface area contributed by atoms with Gasteiger partial charge in [0.15, 0.2) is 0 Å². The Morgan fingerprint density at radius 1 is 1.28 bits per heavy atom. The van der Waals surface area contributed by atoms with Gasteiger partial charge in [-0.3, -0.25) is 4.79 Å². The van der Waals surface area contributed by atoms with Crippen LogP contribution in [-0.2, 0) is 4.79 Å². The number of anilines is 1. The summed E-state index contributed by atoms with van der Waals surface area (Å²) in [5.41, 5.74) is 1.95. The van der Waals surface area contributed by atoms with Crippen LogP contribution >= 0.6 is 0 Å². The average molecular weight is 340 g/mol. The van der Waals surface area contributed by atoms with Crippen LogP contribution in [0.2, 0.25) is 0 Å². The van der Waals surface area contributed by atoms with Gasteiger partial charge < -0.3 is 10.6 Å². The van der Waals surface area contributed by atoms with E-state index in [0.717, 1.165) is 36.6 Å². The predicted molar refractivity (Wildman–Crippen MR) is 102 cm³/mol. The maximum Gasteiger partial charge on any atom is 0.225 e. The molecule has 1 aliphatic rings. The smallest absolute Gasteiger partial charge is 0.225 e. The Kier molecular flexibility index (Phi) is 5.87. The van der Waals surface area contributed by atoms with Gasteiger partial charge in [-0.1, -0.05) is 30.3 Å². The minimum Gasteiger partial charge on any atom is -0.317 e. The fourth-order valence-corrected chi connectivity index (χ4v) is 3.34. The molecular formula is C20H28N4O. The first-order valence-electron chi connectivity index (χ1n) is 9.29. The second kappa shape index (κ2) is 8.30. The Balaban J connectivity index is 1.66. The van der Waals surface area contributed by atoms with Crippen molar-refractivity contribution in [3.63, 3.8) is 0 Å². The molecule has 3 rings (SSSR count).